The molecule has 0 radical (unpaired) electrons. The summed E-state index contributed by atoms with van der Waals surface area (Å²) >= 11 is 0. The monoisotopic (exact) mass is 319 g/mol. The molecule has 3 heteroatoms. The zero-order valence-electron chi connectivity index (χ0n) is 15.2. The molecule has 0 aromatic rings. The molecular weight excluding hydrogens is 286 g/mol. The molecule has 23 heavy (non-hydrogen) atoms. The Morgan fingerprint density at radius 3 is 2.61 bits per heavy atom. The Morgan fingerprint density at radius 1 is 1.13 bits per heavy atom. The number of aliphatic hydroxyl groups excluding tert-OH is 1. The molecule has 1 saturated heterocycles. The number of carbonyl (C=O) groups is 1. The molecule has 1 aliphatic heterocycles. The molecule has 1 N–H and O–H groups in total. The molecule has 3 aliphatic carbocycles. The van der Waals surface area contributed by atoms with E-state index in [9.17, 15) is 9.90 Å². The summed E-state index contributed by atoms with van der Waals surface area (Å²) in [6.45, 7) is 7.19. The van der Waals surface area contributed by atoms with Crippen LogP contribution in [0.5, 0.6) is 0 Å². The minimum Gasteiger partial charge on any atom is -0.393 e. The van der Waals surface area contributed by atoms with Crippen molar-refractivity contribution >= 4 is 5.91 Å². The van der Waals surface area contributed by atoms with Crippen LogP contribution in [0, 0.1) is 34.5 Å². The predicted molar refractivity (Wildman–Crippen MR) is 90.7 cm³/mol. The molecule has 3 nitrogen and oxygen atoms in total. The topological polar surface area (TPSA) is 40.5 Å². The van der Waals surface area contributed by atoms with Gasteiger partial charge in [-0.25, -0.2) is 0 Å². The zero-order valence-corrected chi connectivity index (χ0v) is 15.2. The lowest BCUT2D eigenvalue weighted by Crippen LogP contribution is -2.61. The van der Waals surface area contributed by atoms with Gasteiger partial charge in [0.2, 0.25) is 5.91 Å². The number of fused-ring (bicyclic) bond motifs is 5. The number of nitrogens with zero attached hydrogens (tertiary/aromatic N) is 1. The SMILES string of the molecule is CC1CC(O)[C@@]2(C)CC[C@@H]3[C@@H](CCC4N(C)C(=O)CC[C@@]43C)[C@H]12. The molecule has 4 fully saturated rings. The van der Waals surface area contributed by atoms with E-state index in [4.69, 9.17) is 0 Å². The van der Waals surface area contributed by atoms with Crippen molar-refractivity contribution in [3.63, 3.8) is 0 Å². The van der Waals surface area contributed by atoms with Gasteiger partial charge in [0.15, 0.2) is 0 Å². The number of aliphatic hydroxyl groups is 1. The van der Waals surface area contributed by atoms with Crippen LogP contribution < -0.4 is 0 Å². The van der Waals surface area contributed by atoms with Crippen molar-refractivity contribution in [1.29, 1.82) is 0 Å². The van der Waals surface area contributed by atoms with Crippen LogP contribution in [0.25, 0.3) is 0 Å². The molecule has 8 atom stereocenters. The maximum absolute atomic E-state index is 12.2. The molecule has 3 saturated carbocycles. The Labute approximate surface area is 140 Å². The fourth-order valence-electron chi connectivity index (χ4n) is 7.66. The minimum atomic E-state index is -0.107. The quantitative estimate of drug-likeness (QED) is 0.743. The molecule has 0 aromatic carbocycles. The molecule has 0 spiro atoms. The van der Waals surface area contributed by atoms with Crippen LogP contribution in [0.2, 0.25) is 0 Å². The zero-order chi connectivity index (χ0) is 16.6. The normalized spacial score (nSPS) is 56.0. The van der Waals surface area contributed by atoms with Crippen molar-refractivity contribution in [3.8, 4) is 0 Å². The molecular formula is C20H33NO2. The number of carbonyl (C=O) groups excluding carboxylic acids is 1. The van der Waals surface area contributed by atoms with E-state index in [0.717, 1.165) is 37.5 Å². The number of hydrogen-bond acceptors (Lipinski definition) is 2. The molecule has 0 bridgehead atoms. The number of likely N-dealkylation sites (tertiary alicyclic amines) is 1. The first kappa shape index (κ1) is 15.9. The second-order valence-electron chi connectivity index (χ2n) is 9.67. The van der Waals surface area contributed by atoms with Gasteiger partial charge in [-0.15, -0.1) is 0 Å². The predicted octanol–water partition coefficient (Wildman–Crippen LogP) is 3.46. The van der Waals surface area contributed by atoms with E-state index in [1.807, 2.05) is 7.05 Å². The second kappa shape index (κ2) is 4.97. The van der Waals surface area contributed by atoms with E-state index in [1.54, 1.807) is 0 Å². The average Bonchev–Trinajstić information content (AvgIpc) is 2.73. The van der Waals surface area contributed by atoms with Gasteiger partial charge in [0.1, 0.15) is 0 Å². The maximum atomic E-state index is 12.2. The summed E-state index contributed by atoms with van der Waals surface area (Å²) in [4.78, 5) is 14.2. The van der Waals surface area contributed by atoms with E-state index in [2.05, 4.69) is 25.7 Å². The van der Waals surface area contributed by atoms with E-state index in [-0.39, 0.29) is 11.5 Å². The van der Waals surface area contributed by atoms with Gasteiger partial charge in [-0.3, -0.25) is 4.79 Å². The van der Waals surface area contributed by atoms with Crippen molar-refractivity contribution in [1.82, 2.24) is 4.90 Å². The number of piperidine rings is 1. The van der Waals surface area contributed by atoms with Gasteiger partial charge in [-0.05, 0) is 73.0 Å². The summed E-state index contributed by atoms with van der Waals surface area (Å²) in [6, 6.07) is 0.441. The summed E-state index contributed by atoms with van der Waals surface area (Å²) < 4.78 is 0. The molecule has 3 unspecified atom stereocenters. The first-order chi connectivity index (χ1) is 10.8. The van der Waals surface area contributed by atoms with E-state index in [0.29, 0.717) is 29.2 Å². The van der Waals surface area contributed by atoms with Crippen molar-refractivity contribution < 1.29 is 9.90 Å². The molecule has 1 amide bonds. The first-order valence-corrected chi connectivity index (χ1v) is 9.73. The lowest BCUT2D eigenvalue weighted by molar-refractivity contribution is -0.161. The van der Waals surface area contributed by atoms with Gasteiger partial charge in [0.25, 0.3) is 0 Å². The lowest BCUT2D eigenvalue weighted by atomic mass is 9.46. The van der Waals surface area contributed by atoms with Crippen LogP contribution in [-0.2, 0) is 4.79 Å². The summed E-state index contributed by atoms with van der Waals surface area (Å²) in [7, 11) is 2.03. The van der Waals surface area contributed by atoms with Crippen molar-refractivity contribution in [2.24, 2.45) is 34.5 Å². The minimum absolute atomic E-state index is 0.107. The van der Waals surface area contributed by atoms with Gasteiger partial charge < -0.3 is 10.0 Å². The number of rotatable bonds is 0. The highest BCUT2D eigenvalue weighted by molar-refractivity contribution is 5.77. The molecule has 1 heterocycles. The summed E-state index contributed by atoms with van der Waals surface area (Å²) in [5.74, 6) is 3.16. The Bertz CT molecular complexity index is 520. The highest BCUT2D eigenvalue weighted by Crippen LogP contribution is 2.65. The summed E-state index contributed by atoms with van der Waals surface area (Å²) in [5, 5.41) is 10.7. The van der Waals surface area contributed by atoms with Gasteiger partial charge in [0.05, 0.1) is 6.10 Å². The first-order valence-electron chi connectivity index (χ1n) is 9.73. The van der Waals surface area contributed by atoms with E-state index in [1.165, 1.54) is 19.3 Å². The van der Waals surface area contributed by atoms with Crippen molar-refractivity contribution in [2.75, 3.05) is 7.05 Å². The Morgan fingerprint density at radius 2 is 1.87 bits per heavy atom. The lowest BCUT2D eigenvalue weighted by Gasteiger charge is -2.62. The van der Waals surface area contributed by atoms with Crippen LogP contribution in [-0.4, -0.2) is 35.1 Å². The fraction of sp³-hybridized carbons (Fsp3) is 0.950. The maximum Gasteiger partial charge on any atom is 0.222 e. The number of hydrogen-bond donors (Lipinski definition) is 1. The summed E-state index contributed by atoms with van der Waals surface area (Å²) in [5.41, 5.74) is 0.431. The molecule has 4 rings (SSSR count). The second-order valence-corrected chi connectivity index (χ2v) is 9.67. The smallest absolute Gasteiger partial charge is 0.222 e. The highest BCUT2D eigenvalue weighted by Gasteiger charge is 2.62. The molecule has 130 valence electrons. The fourth-order valence-corrected chi connectivity index (χ4v) is 7.66. The van der Waals surface area contributed by atoms with Gasteiger partial charge in [-0.2, -0.15) is 0 Å². The third kappa shape index (κ3) is 1.95. The van der Waals surface area contributed by atoms with Gasteiger partial charge in [-0.1, -0.05) is 20.8 Å². The van der Waals surface area contributed by atoms with Crippen molar-refractivity contribution in [2.45, 2.75) is 77.9 Å². The molecule has 4 aliphatic rings. The highest BCUT2D eigenvalue weighted by atomic mass is 16.3. The van der Waals surface area contributed by atoms with E-state index < -0.39 is 0 Å². The van der Waals surface area contributed by atoms with Gasteiger partial charge in [0, 0.05) is 19.5 Å². The largest absolute Gasteiger partial charge is 0.393 e. The van der Waals surface area contributed by atoms with Gasteiger partial charge >= 0.3 is 0 Å². The Hall–Kier alpha value is -0.570. The average molecular weight is 319 g/mol. The van der Waals surface area contributed by atoms with Crippen LogP contribution >= 0.6 is 0 Å². The van der Waals surface area contributed by atoms with Crippen LogP contribution in [0.3, 0.4) is 0 Å². The van der Waals surface area contributed by atoms with Crippen LogP contribution in [0.1, 0.15) is 65.7 Å². The number of amides is 1. The van der Waals surface area contributed by atoms with E-state index >= 15 is 0 Å². The van der Waals surface area contributed by atoms with Crippen LogP contribution in [0.15, 0.2) is 0 Å². The Kier molecular flexibility index (Phi) is 3.44. The third-order valence-corrected chi connectivity index (χ3v) is 8.82. The van der Waals surface area contributed by atoms with Crippen LogP contribution in [0.4, 0.5) is 0 Å². The Balaban J connectivity index is 1.68. The standard InChI is InChI=1S/C20H33NO2/c1-12-11-16(22)20(3)9-7-14-13(18(12)20)5-6-15-19(14,2)10-8-17(23)21(15)4/h12-16,18,22H,5-11H2,1-4H3/t12?,13-,14-,15?,16?,18+,19-,20-/m1/s1. The summed E-state index contributed by atoms with van der Waals surface area (Å²) in [6.07, 6.45) is 7.51. The molecule has 0 aromatic heterocycles. The van der Waals surface area contributed by atoms with Crippen molar-refractivity contribution in [3.05, 3.63) is 0 Å². The third-order valence-electron chi connectivity index (χ3n) is 8.82.